The highest BCUT2D eigenvalue weighted by molar-refractivity contribution is 5.86. The molecule has 3 heterocycles. The average Bonchev–Trinajstić information content (AvgIpc) is 3.03. The fourth-order valence-corrected chi connectivity index (χ4v) is 3.44. The second-order valence-corrected chi connectivity index (χ2v) is 6.30. The van der Waals surface area contributed by atoms with Crippen molar-refractivity contribution in [1.29, 1.82) is 0 Å². The maximum absolute atomic E-state index is 5.18. The van der Waals surface area contributed by atoms with E-state index >= 15 is 0 Å². The van der Waals surface area contributed by atoms with Gasteiger partial charge >= 0.3 is 0 Å². The van der Waals surface area contributed by atoms with Crippen LogP contribution >= 0.6 is 0 Å². The summed E-state index contributed by atoms with van der Waals surface area (Å²) >= 11 is 0. The Morgan fingerprint density at radius 2 is 2.00 bits per heavy atom. The molecule has 1 aliphatic rings. The predicted octanol–water partition coefficient (Wildman–Crippen LogP) is 0.811. The monoisotopic (exact) mass is 319 g/mol. The van der Waals surface area contributed by atoms with Gasteiger partial charge in [-0.25, -0.2) is 9.97 Å². The van der Waals surface area contributed by atoms with E-state index in [2.05, 4.69) is 52.0 Å². The van der Waals surface area contributed by atoms with Crippen molar-refractivity contribution in [2.75, 3.05) is 12.4 Å². The van der Waals surface area contributed by atoms with Crippen molar-refractivity contribution in [2.24, 2.45) is 13.0 Å². The van der Waals surface area contributed by atoms with Crippen molar-refractivity contribution in [1.82, 2.24) is 30.6 Å². The van der Waals surface area contributed by atoms with E-state index in [4.69, 9.17) is 4.74 Å². The van der Waals surface area contributed by atoms with Crippen molar-refractivity contribution < 1.29 is 4.74 Å². The zero-order valence-electron chi connectivity index (χ0n) is 14.3. The highest BCUT2D eigenvalue weighted by Crippen LogP contribution is 2.25. The van der Waals surface area contributed by atoms with Gasteiger partial charge in [-0.2, -0.15) is 5.10 Å². The number of ether oxygens (including phenoxy) is 1. The summed E-state index contributed by atoms with van der Waals surface area (Å²) in [6.45, 7) is 6.95. The number of aromatic nitrogens is 4. The van der Waals surface area contributed by atoms with Gasteiger partial charge in [0, 0.05) is 38.2 Å². The van der Waals surface area contributed by atoms with Crippen LogP contribution in [0.15, 0.2) is 6.20 Å². The molecule has 23 heavy (non-hydrogen) atoms. The Kier molecular flexibility index (Phi) is 4.47. The first-order chi connectivity index (χ1) is 11.0. The summed E-state index contributed by atoms with van der Waals surface area (Å²) in [5.74, 6) is 1.92. The Hall–Kier alpha value is -1.77. The summed E-state index contributed by atoms with van der Waals surface area (Å²) < 4.78 is 6.94. The van der Waals surface area contributed by atoms with E-state index in [0.717, 1.165) is 16.9 Å². The number of hydrogen-bond donors (Lipinski definition) is 3. The predicted molar refractivity (Wildman–Crippen MR) is 88.8 cm³/mol. The summed E-state index contributed by atoms with van der Waals surface area (Å²) in [7, 11) is 3.53. The molecule has 2 aromatic rings. The van der Waals surface area contributed by atoms with Gasteiger partial charge in [0.1, 0.15) is 12.4 Å². The molecule has 0 spiro atoms. The molecule has 1 saturated heterocycles. The van der Waals surface area contributed by atoms with Crippen LogP contribution in [0, 0.1) is 5.92 Å². The molecular weight excluding hydrogens is 294 g/mol. The van der Waals surface area contributed by atoms with Crippen LogP contribution in [0.2, 0.25) is 0 Å². The lowest BCUT2D eigenvalue weighted by molar-refractivity contribution is 0.178. The van der Waals surface area contributed by atoms with E-state index in [1.807, 2.05) is 7.05 Å². The molecule has 1 aliphatic heterocycles. The Labute approximate surface area is 136 Å². The molecule has 0 aliphatic carbocycles. The summed E-state index contributed by atoms with van der Waals surface area (Å²) in [6.07, 6.45) is 1.80. The molecule has 0 radical (unpaired) electrons. The molecule has 0 saturated carbocycles. The molecule has 0 bridgehead atoms. The minimum atomic E-state index is 0.246. The third-order valence-corrected chi connectivity index (χ3v) is 4.55. The SMILES string of the molecule is COCc1nc(NC(C)C2C(C)NNC2C)c2cnn(C)c2n1. The van der Waals surface area contributed by atoms with Crippen molar-refractivity contribution in [2.45, 2.75) is 45.5 Å². The summed E-state index contributed by atoms with van der Waals surface area (Å²) in [5, 5.41) is 8.79. The number of nitrogens with zero attached hydrogens (tertiary/aromatic N) is 4. The number of nitrogens with one attached hydrogen (secondary N) is 3. The number of hydrazine groups is 1. The van der Waals surface area contributed by atoms with Gasteiger partial charge in [0.2, 0.25) is 0 Å². The van der Waals surface area contributed by atoms with Crippen LogP contribution in [0.25, 0.3) is 11.0 Å². The lowest BCUT2D eigenvalue weighted by Gasteiger charge is -2.27. The van der Waals surface area contributed by atoms with Gasteiger partial charge in [-0.3, -0.25) is 15.5 Å². The molecule has 8 nitrogen and oxygen atoms in total. The normalized spacial score (nSPS) is 25.9. The quantitative estimate of drug-likeness (QED) is 0.751. The second-order valence-electron chi connectivity index (χ2n) is 6.30. The third kappa shape index (κ3) is 3.01. The highest BCUT2D eigenvalue weighted by Gasteiger charge is 2.34. The summed E-state index contributed by atoms with van der Waals surface area (Å²) in [6, 6.07) is 1.02. The average molecular weight is 319 g/mol. The number of methoxy groups -OCH3 is 1. The molecule has 1 fully saturated rings. The molecule has 3 unspecified atom stereocenters. The van der Waals surface area contributed by atoms with Crippen LogP contribution in [0.1, 0.15) is 26.6 Å². The van der Waals surface area contributed by atoms with Crippen molar-refractivity contribution in [3.63, 3.8) is 0 Å². The van der Waals surface area contributed by atoms with Crippen LogP contribution in [0.3, 0.4) is 0 Å². The molecule has 2 aromatic heterocycles. The standard InChI is InChI=1S/C15H25N7O/c1-8(13-9(2)20-21-10(13)3)17-14-11-6-16-22(4)15(11)19-12(18-14)7-23-5/h6,8-10,13,20-21H,7H2,1-5H3,(H,17,18,19). The fourth-order valence-electron chi connectivity index (χ4n) is 3.44. The molecule has 0 aromatic carbocycles. The second kappa shape index (κ2) is 6.38. The fraction of sp³-hybridized carbons (Fsp3) is 0.667. The van der Waals surface area contributed by atoms with E-state index in [9.17, 15) is 0 Å². The van der Waals surface area contributed by atoms with E-state index in [0.29, 0.717) is 30.4 Å². The zero-order valence-corrected chi connectivity index (χ0v) is 14.3. The Bertz CT molecular complexity index is 676. The lowest BCUT2D eigenvalue weighted by Crippen LogP contribution is -2.38. The van der Waals surface area contributed by atoms with Crippen LogP contribution < -0.4 is 16.2 Å². The third-order valence-electron chi connectivity index (χ3n) is 4.55. The molecule has 0 amide bonds. The van der Waals surface area contributed by atoms with E-state index in [-0.39, 0.29) is 6.04 Å². The van der Waals surface area contributed by atoms with Crippen LogP contribution in [0.5, 0.6) is 0 Å². The van der Waals surface area contributed by atoms with Gasteiger partial charge < -0.3 is 10.1 Å². The van der Waals surface area contributed by atoms with Gasteiger partial charge in [-0.15, -0.1) is 0 Å². The summed E-state index contributed by atoms with van der Waals surface area (Å²) in [5.41, 5.74) is 7.41. The Balaban J connectivity index is 1.92. The van der Waals surface area contributed by atoms with Crippen LogP contribution in [-0.4, -0.2) is 45.0 Å². The Morgan fingerprint density at radius 3 is 2.65 bits per heavy atom. The summed E-state index contributed by atoms with van der Waals surface area (Å²) in [4.78, 5) is 9.14. The largest absolute Gasteiger partial charge is 0.377 e. The number of fused-ring (bicyclic) bond motifs is 1. The molecule has 8 heteroatoms. The van der Waals surface area contributed by atoms with E-state index in [1.54, 1.807) is 18.0 Å². The molecule has 3 N–H and O–H groups in total. The number of aryl methyl sites for hydroxylation is 1. The van der Waals surface area contributed by atoms with Gasteiger partial charge in [0.25, 0.3) is 0 Å². The van der Waals surface area contributed by atoms with Crippen molar-refractivity contribution in [3.8, 4) is 0 Å². The maximum atomic E-state index is 5.18. The van der Waals surface area contributed by atoms with Gasteiger partial charge in [-0.1, -0.05) is 0 Å². The smallest absolute Gasteiger partial charge is 0.163 e. The van der Waals surface area contributed by atoms with Gasteiger partial charge in [0.05, 0.1) is 11.6 Å². The number of anilines is 1. The molecule has 3 atom stereocenters. The minimum Gasteiger partial charge on any atom is -0.377 e. The topological polar surface area (TPSA) is 88.9 Å². The molecule has 126 valence electrons. The zero-order chi connectivity index (χ0) is 16.6. The number of hydrogen-bond acceptors (Lipinski definition) is 7. The lowest BCUT2D eigenvalue weighted by atomic mass is 9.89. The highest BCUT2D eigenvalue weighted by atomic mass is 16.5. The minimum absolute atomic E-state index is 0.246. The van der Waals surface area contributed by atoms with E-state index < -0.39 is 0 Å². The van der Waals surface area contributed by atoms with Gasteiger partial charge in [0.15, 0.2) is 11.5 Å². The van der Waals surface area contributed by atoms with Crippen molar-refractivity contribution >= 4 is 16.9 Å². The number of rotatable bonds is 5. The first kappa shape index (κ1) is 16.1. The molecule has 3 rings (SSSR count). The maximum Gasteiger partial charge on any atom is 0.163 e. The van der Waals surface area contributed by atoms with Gasteiger partial charge in [-0.05, 0) is 20.8 Å². The van der Waals surface area contributed by atoms with Crippen LogP contribution in [-0.2, 0) is 18.4 Å². The van der Waals surface area contributed by atoms with Crippen molar-refractivity contribution in [3.05, 3.63) is 12.0 Å². The van der Waals surface area contributed by atoms with Crippen LogP contribution in [0.4, 0.5) is 5.82 Å². The first-order valence-electron chi connectivity index (χ1n) is 7.96. The Morgan fingerprint density at radius 1 is 1.30 bits per heavy atom. The molecular formula is C15H25N7O. The first-order valence-corrected chi connectivity index (χ1v) is 7.96. The van der Waals surface area contributed by atoms with E-state index in [1.165, 1.54) is 0 Å².